The van der Waals surface area contributed by atoms with Crippen LogP contribution < -0.4 is 0 Å². The summed E-state index contributed by atoms with van der Waals surface area (Å²) in [5, 5.41) is 19.2. The van der Waals surface area contributed by atoms with E-state index in [1.165, 1.54) is 11.3 Å². The summed E-state index contributed by atoms with van der Waals surface area (Å²) in [7, 11) is 0. The topological polar surface area (TPSA) is 40.5 Å². The van der Waals surface area contributed by atoms with E-state index in [0.29, 0.717) is 0 Å². The highest BCUT2D eigenvalue weighted by atomic mass is 79.9. The molecule has 0 unspecified atom stereocenters. The molecule has 0 spiro atoms. The quantitative estimate of drug-likeness (QED) is 0.826. The van der Waals surface area contributed by atoms with E-state index in [0.717, 1.165) is 19.4 Å². The number of hydrogen-bond donors (Lipinski definition) is 2. The van der Waals surface area contributed by atoms with Crippen molar-refractivity contribution in [1.29, 1.82) is 0 Å². The fourth-order valence-corrected chi connectivity index (χ4v) is 2.97. The van der Waals surface area contributed by atoms with E-state index in [1.54, 1.807) is 12.1 Å². The van der Waals surface area contributed by atoms with Crippen LogP contribution in [0.5, 0.6) is 5.75 Å². The van der Waals surface area contributed by atoms with Crippen LogP contribution in [0.1, 0.15) is 4.88 Å². The molecule has 0 amide bonds. The molecule has 0 aliphatic rings. The van der Waals surface area contributed by atoms with E-state index >= 15 is 0 Å². The van der Waals surface area contributed by atoms with Gasteiger partial charge in [0.1, 0.15) is 5.75 Å². The van der Waals surface area contributed by atoms with Gasteiger partial charge in [-0.3, -0.25) is 0 Å². The lowest BCUT2D eigenvalue weighted by molar-refractivity contribution is 0.285. The minimum absolute atomic E-state index is 0.0285. The Balaban J connectivity index is 2.77. The van der Waals surface area contributed by atoms with Crippen LogP contribution in [0.15, 0.2) is 22.7 Å². The summed E-state index contributed by atoms with van der Waals surface area (Å²) < 4.78 is 1.94. The first-order chi connectivity index (χ1) is 6.22. The van der Waals surface area contributed by atoms with Gasteiger partial charge < -0.3 is 10.2 Å². The highest BCUT2D eigenvalue weighted by molar-refractivity contribution is 9.10. The van der Waals surface area contributed by atoms with Crippen molar-refractivity contribution in [3.05, 3.63) is 27.5 Å². The summed E-state index contributed by atoms with van der Waals surface area (Å²) in [4.78, 5) is 0.889. The van der Waals surface area contributed by atoms with Crippen LogP contribution in [0.2, 0.25) is 0 Å². The number of phenols is 1. The summed E-state index contributed by atoms with van der Waals surface area (Å²) in [5.41, 5.74) is 0. The molecule has 0 fully saturated rings. The van der Waals surface area contributed by atoms with Crippen molar-refractivity contribution in [3.8, 4) is 5.75 Å². The molecule has 1 heterocycles. The van der Waals surface area contributed by atoms with Gasteiger partial charge in [0.05, 0.1) is 6.61 Å². The third-order valence-electron chi connectivity index (χ3n) is 1.82. The number of thiophene rings is 1. The Bertz CT molecular complexity index is 450. The van der Waals surface area contributed by atoms with Gasteiger partial charge in [-0.05, 0) is 34.1 Å². The fourth-order valence-electron chi connectivity index (χ4n) is 1.21. The van der Waals surface area contributed by atoms with E-state index in [1.807, 2.05) is 6.07 Å². The van der Waals surface area contributed by atoms with Crippen molar-refractivity contribution in [2.24, 2.45) is 0 Å². The number of aromatic hydroxyl groups is 1. The molecule has 2 N–H and O–H groups in total. The molecule has 2 aromatic rings. The van der Waals surface area contributed by atoms with Gasteiger partial charge in [0.2, 0.25) is 0 Å². The molecule has 1 aromatic heterocycles. The zero-order valence-corrected chi connectivity index (χ0v) is 9.02. The Kier molecular flexibility index (Phi) is 2.27. The highest BCUT2D eigenvalue weighted by Gasteiger charge is 2.08. The lowest BCUT2D eigenvalue weighted by Gasteiger charge is -1.92. The Morgan fingerprint density at radius 3 is 2.85 bits per heavy atom. The predicted molar refractivity (Wildman–Crippen MR) is 57.1 cm³/mol. The average molecular weight is 259 g/mol. The number of halogens is 1. The molecule has 68 valence electrons. The molecular weight excluding hydrogens is 252 g/mol. The third kappa shape index (κ3) is 1.45. The number of aliphatic hydroxyl groups is 1. The minimum atomic E-state index is 0.0285. The molecule has 2 rings (SSSR count). The summed E-state index contributed by atoms with van der Waals surface area (Å²) in [5.74, 6) is 0.246. The summed E-state index contributed by atoms with van der Waals surface area (Å²) >= 11 is 4.91. The van der Waals surface area contributed by atoms with Gasteiger partial charge in [-0.2, -0.15) is 0 Å². The molecule has 4 heteroatoms. The van der Waals surface area contributed by atoms with E-state index in [-0.39, 0.29) is 12.4 Å². The molecule has 0 aliphatic heterocycles. The highest BCUT2D eigenvalue weighted by Crippen LogP contribution is 2.37. The number of rotatable bonds is 1. The van der Waals surface area contributed by atoms with Gasteiger partial charge in [-0.1, -0.05) is 0 Å². The summed E-state index contributed by atoms with van der Waals surface area (Å²) in [6.07, 6.45) is 0. The van der Waals surface area contributed by atoms with Crippen molar-refractivity contribution < 1.29 is 10.2 Å². The van der Waals surface area contributed by atoms with E-state index in [9.17, 15) is 5.11 Å². The van der Waals surface area contributed by atoms with E-state index < -0.39 is 0 Å². The molecule has 0 atom stereocenters. The molecule has 0 aliphatic carbocycles. The first-order valence-electron chi connectivity index (χ1n) is 3.73. The zero-order valence-electron chi connectivity index (χ0n) is 6.62. The molecule has 13 heavy (non-hydrogen) atoms. The van der Waals surface area contributed by atoms with Crippen LogP contribution in [0.25, 0.3) is 10.1 Å². The van der Waals surface area contributed by atoms with Crippen LogP contribution in [0.4, 0.5) is 0 Å². The standard InChI is InChI=1S/C9H7BrO2S/c10-9-6-3-5(12)1-2-7(6)13-8(9)4-11/h1-3,11-12H,4H2. The Morgan fingerprint density at radius 2 is 2.15 bits per heavy atom. The second kappa shape index (κ2) is 3.29. The average Bonchev–Trinajstić information content (AvgIpc) is 2.44. The van der Waals surface area contributed by atoms with Gasteiger partial charge in [-0.15, -0.1) is 11.3 Å². The van der Waals surface area contributed by atoms with Crippen molar-refractivity contribution >= 4 is 37.4 Å². The molecule has 0 saturated carbocycles. The van der Waals surface area contributed by atoms with Gasteiger partial charge >= 0.3 is 0 Å². The second-order valence-corrected chi connectivity index (χ2v) is 4.61. The van der Waals surface area contributed by atoms with Gasteiger partial charge in [0.15, 0.2) is 0 Å². The van der Waals surface area contributed by atoms with Crippen LogP contribution in [-0.2, 0) is 6.61 Å². The maximum Gasteiger partial charge on any atom is 0.116 e. The number of hydrogen-bond acceptors (Lipinski definition) is 3. The monoisotopic (exact) mass is 258 g/mol. The Morgan fingerprint density at radius 1 is 1.38 bits per heavy atom. The van der Waals surface area contributed by atoms with Crippen molar-refractivity contribution in [1.82, 2.24) is 0 Å². The first kappa shape index (κ1) is 8.99. The van der Waals surface area contributed by atoms with Crippen molar-refractivity contribution in [2.75, 3.05) is 0 Å². The minimum Gasteiger partial charge on any atom is -0.508 e. The lowest BCUT2D eigenvalue weighted by Crippen LogP contribution is -1.74. The molecular formula is C9H7BrO2S. The maximum absolute atomic E-state index is 9.26. The van der Waals surface area contributed by atoms with E-state index in [2.05, 4.69) is 15.9 Å². The Labute approximate surface area is 87.6 Å². The van der Waals surface area contributed by atoms with Gasteiger partial charge in [0, 0.05) is 19.4 Å². The largest absolute Gasteiger partial charge is 0.508 e. The summed E-state index contributed by atoms with van der Waals surface area (Å²) in [6, 6.07) is 5.18. The van der Waals surface area contributed by atoms with Crippen LogP contribution in [-0.4, -0.2) is 10.2 Å². The van der Waals surface area contributed by atoms with Gasteiger partial charge in [0.25, 0.3) is 0 Å². The first-order valence-corrected chi connectivity index (χ1v) is 5.34. The third-order valence-corrected chi connectivity index (χ3v) is 4.14. The van der Waals surface area contributed by atoms with Crippen molar-refractivity contribution in [2.45, 2.75) is 6.61 Å². The summed E-state index contributed by atoms with van der Waals surface area (Å²) in [6.45, 7) is 0.0285. The zero-order chi connectivity index (χ0) is 9.42. The van der Waals surface area contributed by atoms with E-state index in [4.69, 9.17) is 5.11 Å². The second-order valence-electron chi connectivity index (χ2n) is 2.68. The molecule has 0 radical (unpaired) electrons. The smallest absolute Gasteiger partial charge is 0.116 e. The SMILES string of the molecule is OCc1sc2ccc(O)cc2c1Br. The predicted octanol–water partition coefficient (Wildman–Crippen LogP) is 2.86. The van der Waals surface area contributed by atoms with Crippen LogP contribution in [0.3, 0.4) is 0 Å². The number of phenolic OH excluding ortho intramolecular Hbond substituents is 1. The molecule has 1 aromatic carbocycles. The molecule has 0 saturated heterocycles. The van der Waals surface area contributed by atoms with Crippen LogP contribution >= 0.6 is 27.3 Å². The number of benzene rings is 1. The number of aliphatic hydroxyl groups excluding tert-OH is 1. The van der Waals surface area contributed by atoms with Crippen molar-refractivity contribution in [3.63, 3.8) is 0 Å². The van der Waals surface area contributed by atoms with Gasteiger partial charge in [-0.25, -0.2) is 0 Å². The molecule has 2 nitrogen and oxygen atoms in total. The maximum atomic E-state index is 9.26. The normalized spacial score (nSPS) is 10.9. The Hall–Kier alpha value is -0.580. The van der Waals surface area contributed by atoms with Crippen LogP contribution in [0, 0.1) is 0 Å². The lowest BCUT2D eigenvalue weighted by atomic mass is 10.2. The molecule has 0 bridgehead atoms. The number of fused-ring (bicyclic) bond motifs is 1. The fraction of sp³-hybridized carbons (Fsp3) is 0.111.